The second-order valence-electron chi connectivity index (χ2n) is 4.72. The Kier molecular flexibility index (Phi) is 4.87. The third kappa shape index (κ3) is 3.97. The third-order valence-electron chi connectivity index (χ3n) is 3.22. The lowest BCUT2D eigenvalue weighted by Gasteiger charge is -2.21. The highest BCUT2D eigenvalue weighted by molar-refractivity contribution is 6.30. The zero-order chi connectivity index (χ0) is 13.8. The molecule has 0 aliphatic heterocycles. The molecule has 3 heteroatoms. The molecule has 2 atom stereocenters. The van der Waals surface area contributed by atoms with Crippen molar-refractivity contribution in [3.05, 3.63) is 69.7 Å². The van der Waals surface area contributed by atoms with Crippen molar-refractivity contribution >= 4 is 23.2 Å². The Morgan fingerprint density at radius 2 is 1.42 bits per heavy atom. The molecule has 2 aromatic rings. The van der Waals surface area contributed by atoms with Crippen LogP contribution in [0.3, 0.4) is 0 Å². The molecule has 0 fully saturated rings. The largest absolute Gasteiger partial charge is 0.304 e. The Morgan fingerprint density at radius 1 is 0.789 bits per heavy atom. The first-order valence-corrected chi connectivity index (χ1v) is 7.09. The predicted molar refractivity (Wildman–Crippen MR) is 82.9 cm³/mol. The maximum absolute atomic E-state index is 6.02. The first kappa shape index (κ1) is 14.4. The second kappa shape index (κ2) is 6.42. The van der Waals surface area contributed by atoms with Gasteiger partial charge in [-0.1, -0.05) is 47.5 Å². The molecule has 100 valence electrons. The number of nitrogens with one attached hydrogen (secondary N) is 1. The molecule has 0 amide bonds. The summed E-state index contributed by atoms with van der Waals surface area (Å²) in [5, 5.41) is 5.09. The van der Waals surface area contributed by atoms with Crippen molar-refractivity contribution in [1.82, 2.24) is 5.32 Å². The number of hydrogen-bond donors (Lipinski definition) is 1. The van der Waals surface area contributed by atoms with Gasteiger partial charge in [-0.2, -0.15) is 0 Å². The van der Waals surface area contributed by atoms with E-state index in [-0.39, 0.29) is 12.1 Å². The Bertz CT molecular complexity index is 537. The highest BCUT2D eigenvalue weighted by Gasteiger charge is 2.11. The van der Waals surface area contributed by atoms with Crippen molar-refractivity contribution in [3.63, 3.8) is 0 Å². The van der Waals surface area contributed by atoms with Gasteiger partial charge in [0.1, 0.15) is 0 Å². The lowest BCUT2D eigenvalue weighted by molar-refractivity contribution is 0.495. The van der Waals surface area contributed by atoms with Gasteiger partial charge in [0, 0.05) is 22.1 Å². The Morgan fingerprint density at radius 3 is 2.05 bits per heavy atom. The molecule has 0 spiro atoms. The van der Waals surface area contributed by atoms with Crippen LogP contribution in [-0.4, -0.2) is 0 Å². The number of hydrogen-bond acceptors (Lipinski definition) is 1. The summed E-state index contributed by atoms with van der Waals surface area (Å²) in [5.41, 5.74) is 2.41. The van der Waals surface area contributed by atoms with Gasteiger partial charge in [-0.25, -0.2) is 0 Å². The van der Waals surface area contributed by atoms with Crippen molar-refractivity contribution in [2.75, 3.05) is 0 Å². The minimum absolute atomic E-state index is 0.240. The van der Waals surface area contributed by atoms with Crippen LogP contribution in [0.4, 0.5) is 0 Å². The molecule has 0 bridgehead atoms. The summed E-state index contributed by atoms with van der Waals surface area (Å²) < 4.78 is 0. The average molecular weight is 294 g/mol. The van der Waals surface area contributed by atoms with Crippen LogP contribution in [0.1, 0.15) is 37.1 Å². The monoisotopic (exact) mass is 293 g/mol. The van der Waals surface area contributed by atoms with Crippen LogP contribution in [0, 0.1) is 0 Å². The molecule has 1 nitrogen and oxygen atoms in total. The van der Waals surface area contributed by atoms with Crippen LogP contribution >= 0.6 is 23.2 Å². The summed E-state index contributed by atoms with van der Waals surface area (Å²) in [6.45, 7) is 4.28. The van der Waals surface area contributed by atoms with Gasteiger partial charge >= 0.3 is 0 Å². The van der Waals surface area contributed by atoms with Gasteiger partial charge in [0.2, 0.25) is 0 Å². The van der Waals surface area contributed by atoms with Crippen LogP contribution in [0.5, 0.6) is 0 Å². The fraction of sp³-hybridized carbons (Fsp3) is 0.250. The Labute approximate surface area is 124 Å². The topological polar surface area (TPSA) is 12.0 Å². The van der Waals surface area contributed by atoms with E-state index in [1.807, 2.05) is 42.5 Å². The molecule has 0 aromatic heterocycles. The molecule has 1 unspecified atom stereocenters. The quantitative estimate of drug-likeness (QED) is 0.795. The van der Waals surface area contributed by atoms with Crippen LogP contribution in [0.2, 0.25) is 10.0 Å². The second-order valence-corrected chi connectivity index (χ2v) is 5.59. The van der Waals surface area contributed by atoms with Crippen molar-refractivity contribution in [3.8, 4) is 0 Å². The molecule has 0 radical (unpaired) electrons. The average Bonchev–Trinajstić information content (AvgIpc) is 2.39. The summed E-state index contributed by atoms with van der Waals surface area (Å²) in [6, 6.07) is 16.4. The normalized spacial score (nSPS) is 14.1. The van der Waals surface area contributed by atoms with Crippen molar-refractivity contribution in [2.24, 2.45) is 0 Å². The molecule has 0 saturated heterocycles. The Balaban J connectivity index is 2.06. The van der Waals surface area contributed by atoms with Gasteiger partial charge in [-0.15, -0.1) is 0 Å². The van der Waals surface area contributed by atoms with Gasteiger partial charge in [0.05, 0.1) is 0 Å². The molecule has 2 aromatic carbocycles. The van der Waals surface area contributed by atoms with E-state index >= 15 is 0 Å². The standard InChI is InChI=1S/C16H17Cl2N/c1-11(13-6-8-15(17)9-7-13)19-12(2)14-4-3-5-16(18)10-14/h3-12,19H,1-2H3/t11?,12-/m0/s1. The number of halogens is 2. The van der Waals surface area contributed by atoms with Crippen LogP contribution in [0.25, 0.3) is 0 Å². The van der Waals surface area contributed by atoms with Gasteiger partial charge in [-0.05, 0) is 49.2 Å². The zero-order valence-electron chi connectivity index (χ0n) is 11.0. The summed E-state index contributed by atoms with van der Waals surface area (Å²) in [5.74, 6) is 0. The molecule has 1 N–H and O–H groups in total. The van der Waals surface area contributed by atoms with Gasteiger partial charge < -0.3 is 5.32 Å². The maximum atomic E-state index is 6.02. The lowest BCUT2D eigenvalue weighted by Crippen LogP contribution is -2.22. The van der Waals surface area contributed by atoms with E-state index in [4.69, 9.17) is 23.2 Å². The van der Waals surface area contributed by atoms with Gasteiger partial charge in [-0.3, -0.25) is 0 Å². The third-order valence-corrected chi connectivity index (χ3v) is 3.71. The van der Waals surface area contributed by atoms with Gasteiger partial charge in [0.25, 0.3) is 0 Å². The van der Waals surface area contributed by atoms with Crippen LogP contribution in [-0.2, 0) is 0 Å². The summed E-state index contributed by atoms with van der Waals surface area (Å²) in [4.78, 5) is 0. The van der Waals surface area contributed by atoms with E-state index in [1.165, 1.54) is 11.1 Å². The van der Waals surface area contributed by atoms with Crippen LogP contribution in [0.15, 0.2) is 48.5 Å². The van der Waals surface area contributed by atoms with Crippen molar-refractivity contribution < 1.29 is 0 Å². The molecule has 19 heavy (non-hydrogen) atoms. The van der Waals surface area contributed by atoms with E-state index < -0.39 is 0 Å². The minimum Gasteiger partial charge on any atom is -0.304 e. The first-order valence-electron chi connectivity index (χ1n) is 6.33. The van der Waals surface area contributed by atoms with E-state index in [2.05, 4.69) is 25.2 Å². The van der Waals surface area contributed by atoms with E-state index in [1.54, 1.807) is 0 Å². The molecular weight excluding hydrogens is 277 g/mol. The smallest absolute Gasteiger partial charge is 0.0409 e. The molecular formula is C16H17Cl2N. The number of benzene rings is 2. The molecule has 0 saturated carbocycles. The highest BCUT2D eigenvalue weighted by Crippen LogP contribution is 2.22. The molecule has 0 aliphatic carbocycles. The highest BCUT2D eigenvalue weighted by atomic mass is 35.5. The fourth-order valence-electron chi connectivity index (χ4n) is 2.09. The molecule has 2 rings (SSSR count). The van der Waals surface area contributed by atoms with E-state index in [9.17, 15) is 0 Å². The molecule has 0 aliphatic rings. The van der Waals surface area contributed by atoms with Crippen molar-refractivity contribution in [2.45, 2.75) is 25.9 Å². The summed E-state index contributed by atoms with van der Waals surface area (Å²) in [6.07, 6.45) is 0. The SMILES string of the molecule is CC(N[C@@H](C)c1cccc(Cl)c1)c1ccc(Cl)cc1. The van der Waals surface area contributed by atoms with Gasteiger partial charge in [0.15, 0.2) is 0 Å². The zero-order valence-corrected chi connectivity index (χ0v) is 12.5. The Hall–Kier alpha value is -1.02. The predicted octanol–water partition coefficient (Wildman–Crippen LogP) is 5.41. The maximum Gasteiger partial charge on any atom is 0.0409 e. The van der Waals surface area contributed by atoms with Crippen molar-refractivity contribution in [1.29, 1.82) is 0 Å². The first-order chi connectivity index (χ1) is 9.06. The van der Waals surface area contributed by atoms with E-state index in [0.29, 0.717) is 0 Å². The fourth-order valence-corrected chi connectivity index (χ4v) is 2.42. The number of rotatable bonds is 4. The summed E-state index contributed by atoms with van der Waals surface area (Å²) in [7, 11) is 0. The minimum atomic E-state index is 0.240. The summed E-state index contributed by atoms with van der Waals surface area (Å²) >= 11 is 11.9. The lowest BCUT2D eigenvalue weighted by atomic mass is 10.0. The van der Waals surface area contributed by atoms with E-state index in [0.717, 1.165) is 10.0 Å². The molecule has 0 heterocycles. The van der Waals surface area contributed by atoms with Crippen LogP contribution < -0.4 is 5.32 Å².